The van der Waals surface area contributed by atoms with Crippen molar-refractivity contribution in [2.24, 2.45) is 5.92 Å². The van der Waals surface area contributed by atoms with Crippen molar-refractivity contribution in [2.45, 2.75) is 38.1 Å². The number of rotatable bonds is 3. The van der Waals surface area contributed by atoms with Crippen LogP contribution in [0, 0.1) is 5.92 Å². The van der Waals surface area contributed by atoms with Crippen LogP contribution >= 0.6 is 0 Å². The Morgan fingerprint density at radius 2 is 2.05 bits per heavy atom. The van der Waals surface area contributed by atoms with Crippen LogP contribution in [0.3, 0.4) is 0 Å². The molecule has 2 atom stereocenters. The lowest BCUT2D eigenvalue weighted by Gasteiger charge is -2.31. The minimum Gasteiger partial charge on any atom is -0.319 e. The van der Waals surface area contributed by atoms with E-state index in [4.69, 9.17) is 0 Å². The van der Waals surface area contributed by atoms with Crippen molar-refractivity contribution < 1.29 is 18.0 Å². The van der Waals surface area contributed by atoms with Gasteiger partial charge in [0.1, 0.15) is 6.17 Å². The molecular weight excluding hydrogens is 281 g/mol. The van der Waals surface area contributed by atoms with Crippen LogP contribution in [0.4, 0.5) is 13.2 Å². The number of nitrogens with one attached hydrogen (secondary N) is 1. The summed E-state index contributed by atoms with van der Waals surface area (Å²) in [6, 6.07) is 5.27. The van der Waals surface area contributed by atoms with Gasteiger partial charge in [-0.25, -0.2) is 0 Å². The van der Waals surface area contributed by atoms with E-state index in [-0.39, 0.29) is 18.5 Å². The highest BCUT2D eigenvalue weighted by Gasteiger charge is 2.42. The number of alkyl halides is 3. The van der Waals surface area contributed by atoms with E-state index in [1.165, 1.54) is 6.07 Å². The standard InChI is InChI=1S/C15H17F3N2O/c1-9(10-5-6-10)20-13(21)8-19-14(20)11-3-2-4-12(7-11)15(16,17)18/h2-4,7,9-10,14,19H,5-6,8H2,1H3. The van der Waals surface area contributed by atoms with Crippen molar-refractivity contribution in [2.75, 3.05) is 6.54 Å². The van der Waals surface area contributed by atoms with Crippen molar-refractivity contribution in [1.82, 2.24) is 10.2 Å². The number of nitrogens with zero attached hydrogens (tertiary/aromatic N) is 1. The SMILES string of the molecule is CC(C1CC1)N1C(=O)CNC1c1cccc(C(F)(F)F)c1. The lowest BCUT2D eigenvalue weighted by molar-refractivity contribution is -0.137. The fraction of sp³-hybridized carbons (Fsp3) is 0.533. The highest BCUT2D eigenvalue weighted by Crippen LogP contribution is 2.39. The Morgan fingerprint density at radius 1 is 1.33 bits per heavy atom. The second-order valence-corrected chi connectivity index (χ2v) is 5.79. The molecule has 21 heavy (non-hydrogen) atoms. The van der Waals surface area contributed by atoms with E-state index < -0.39 is 17.9 Å². The normalized spacial score (nSPS) is 24.5. The molecule has 0 spiro atoms. The summed E-state index contributed by atoms with van der Waals surface area (Å²) >= 11 is 0. The molecule has 114 valence electrons. The molecule has 0 radical (unpaired) electrons. The molecule has 1 amide bonds. The smallest absolute Gasteiger partial charge is 0.319 e. The summed E-state index contributed by atoms with van der Waals surface area (Å²) < 4.78 is 38.5. The van der Waals surface area contributed by atoms with E-state index in [2.05, 4.69) is 5.32 Å². The minimum absolute atomic E-state index is 0.0446. The van der Waals surface area contributed by atoms with Gasteiger partial charge in [-0.1, -0.05) is 12.1 Å². The van der Waals surface area contributed by atoms with Crippen LogP contribution in [0.1, 0.15) is 37.1 Å². The average Bonchev–Trinajstić information content (AvgIpc) is 3.20. The zero-order valence-electron chi connectivity index (χ0n) is 11.7. The second-order valence-electron chi connectivity index (χ2n) is 5.79. The Labute approximate surface area is 121 Å². The van der Waals surface area contributed by atoms with Gasteiger partial charge in [0.15, 0.2) is 0 Å². The maximum Gasteiger partial charge on any atom is 0.416 e. The summed E-state index contributed by atoms with van der Waals surface area (Å²) in [5, 5.41) is 3.02. The number of benzene rings is 1. The lowest BCUT2D eigenvalue weighted by Crippen LogP contribution is -2.39. The van der Waals surface area contributed by atoms with Crippen LogP contribution in [0.25, 0.3) is 0 Å². The number of hydrogen-bond acceptors (Lipinski definition) is 2. The van der Waals surface area contributed by atoms with Crippen LogP contribution in [-0.4, -0.2) is 23.4 Å². The van der Waals surface area contributed by atoms with Crippen LogP contribution in [-0.2, 0) is 11.0 Å². The molecule has 2 aliphatic rings. The third-order valence-corrected chi connectivity index (χ3v) is 4.29. The van der Waals surface area contributed by atoms with Gasteiger partial charge in [0, 0.05) is 6.04 Å². The van der Waals surface area contributed by atoms with E-state index in [9.17, 15) is 18.0 Å². The maximum absolute atomic E-state index is 12.8. The van der Waals surface area contributed by atoms with Crippen LogP contribution in [0.2, 0.25) is 0 Å². The highest BCUT2D eigenvalue weighted by atomic mass is 19.4. The van der Waals surface area contributed by atoms with Gasteiger partial charge in [0.2, 0.25) is 5.91 Å². The largest absolute Gasteiger partial charge is 0.416 e. The highest BCUT2D eigenvalue weighted by molar-refractivity contribution is 5.81. The molecular formula is C15H17F3N2O. The number of amides is 1. The molecule has 1 aromatic rings. The fourth-order valence-corrected chi connectivity index (χ4v) is 2.95. The van der Waals surface area contributed by atoms with Gasteiger partial charge in [0.05, 0.1) is 12.1 Å². The van der Waals surface area contributed by atoms with Crippen molar-refractivity contribution in [1.29, 1.82) is 0 Å². The molecule has 3 nitrogen and oxygen atoms in total. The first kappa shape index (κ1) is 14.4. The Balaban J connectivity index is 1.89. The van der Waals surface area contributed by atoms with E-state index in [1.54, 1.807) is 11.0 Å². The van der Waals surface area contributed by atoms with Crippen molar-refractivity contribution in [3.8, 4) is 0 Å². The molecule has 0 aromatic heterocycles. The van der Waals surface area contributed by atoms with Crippen molar-refractivity contribution in [3.63, 3.8) is 0 Å². The number of hydrogen-bond donors (Lipinski definition) is 1. The molecule has 3 rings (SSSR count). The zero-order chi connectivity index (χ0) is 15.2. The second kappa shape index (κ2) is 5.02. The minimum atomic E-state index is -4.37. The van der Waals surface area contributed by atoms with Gasteiger partial charge in [-0.15, -0.1) is 0 Å². The van der Waals surface area contributed by atoms with E-state index >= 15 is 0 Å². The summed E-state index contributed by atoms with van der Waals surface area (Å²) in [7, 11) is 0. The molecule has 6 heteroatoms. The number of carbonyl (C=O) groups is 1. The van der Waals surface area contributed by atoms with E-state index in [0.29, 0.717) is 11.5 Å². The summed E-state index contributed by atoms with van der Waals surface area (Å²) in [5.74, 6) is 0.430. The molecule has 1 aromatic carbocycles. The topological polar surface area (TPSA) is 32.3 Å². The van der Waals surface area contributed by atoms with Gasteiger partial charge in [-0.05, 0) is 43.4 Å². The monoisotopic (exact) mass is 298 g/mol. The predicted molar refractivity (Wildman–Crippen MR) is 71.2 cm³/mol. The Bertz CT molecular complexity index is 554. The van der Waals surface area contributed by atoms with Crippen LogP contribution < -0.4 is 5.32 Å². The molecule has 1 saturated carbocycles. The number of halogens is 3. The molecule has 1 aliphatic heterocycles. The van der Waals surface area contributed by atoms with Gasteiger partial charge >= 0.3 is 6.18 Å². The van der Waals surface area contributed by atoms with Crippen molar-refractivity contribution in [3.05, 3.63) is 35.4 Å². The first-order chi connectivity index (χ1) is 9.88. The Morgan fingerprint density at radius 3 is 2.67 bits per heavy atom. The third kappa shape index (κ3) is 2.77. The first-order valence-corrected chi connectivity index (χ1v) is 7.09. The predicted octanol–water partition coefficient (Wildman–Crippen LogP) is 2.93. The molecule has 2 unspecified atom stereocenters. The third-order valence-electron chi connectivity index (χ3n) is 4.29. The van der Waals surface area contributed by atoms with Gasteiger partial charge in [-0.3, -0.25) is 10.1 Å². The molecule has 0 bridgehead atoms. The quantitative estimate of drug-likeness (QED) is 0.930. The van der Waals surface area contributed by atoms with Gasteiger partial charge in [-0.2, -0.15) is 13.2 Å². The van der Waals surface area contributed by atoms with Gasteiger partial charge < -0.3 is 4.90 Å². The average molecular weight is 298 g/mol. The number of carbonyl (C=O) groups excluding carboxylic acids is 1. The first-order valence-electron chi connectivity index (χ1n) is 7.09. The molecule has 1 N–H and O–H groups in total. The fourth-order valence-electron chi connectivity index (χ4n) is 2.95. The van der Waals surface area contributed by atoms with E-state index in [1.807, 2.05) is 6.92 Å². The summed E-state index contributed by atoms with van der Waals surface area (Å²) in [6.07, 6.45) is -2.66. The maximum atomic E-state index is 12.8. The van der Waals surface area contributed by atoms with E-state index in [0.717, 1.165) is 25.0 Å². The molecule has 1 aliphatic carbocycles. The molecule has 1 saturated heterocycles. The summed E-state index contributed by atoms with van der Waals surface area (Å²) in [6.45, 7) is 2.15. The van der Waals surface area contributed by atoms with Crippen LogP contribution in [0.15, 0.2) is 24.3 Å². The Kier molecular flexibility index (Phi) is 3.43. The lowest BCUT2D eigenvalue weighted by atomic mass is 10.1. The molecule has 1 heterocycles. The zero-order valence-corrected chi connectivity index (χ0v) is 11.7. The van der Waals surface area contributed by atoms with Gasteiger partial charge in [0.25, 0.3) is 0 Å². The summed E-state index contributed by atoms with van der Waals surface area (Å²) in [4.78, 5) is 13.8. The van der Waals surface area contributed by atoms with Crippen molar-refractivity contribution >= 4 is 5.91 Å². The van der Waals surface area contributed by atoms with Crippen LogP contribution in [0.5, 0.6) is 0 Å². The molecule has 2 fully saturated rings. The Hall–Kier alpha value is -1.56. The summed E-state index contributed by atoms with van der Waals surface area (Å²) in [5.41, 5.74) is -0.191.